The first-order chi connectivity index (χ1) is 12.2. The topological polar surface area (TPSA) is 53.5 Å². The van der Waals surface area contributed by atoms with Crippen LogP contribution in [0, 0.1) is 11.8 Å². The molecule has 1 aromatic rings. The van der Waals surface area contributed by atoms with Gasteiger partial charge in [0, 0.05) is 15.9 Å². The molecule has 0 unspecified atom stereocenters. The average Bonchev–Trinajstić information content (AvgIpc) is 2.66. The molecule has 0 heterocycles. The van der Waals surface area contributed by atoms with Crippen molar-refractivity contribution in [2.45, 2.75) is 64.2 Å². The predicted octanol–water partition coefficient (Wildman–Crippen LogP) is 6.09. The van der Waals surface area contributed by atoms with E-state index in [1.165, 1.54) is 69.9 Å². The quantitative estimate of drug-likeness (QED) is 0.462. The van der Waals surface area contributed by atoms with Crippen molar-refractivity contribution in [2.75, 3.05) is 5.32 Å². The van der Waals surface area contributed by atoms with Gasteiger partial charge in [-0.2, -0.15) is 5.10 Å². The second kappa shape index (κ2) is 9.37. The molecule has 0 aromatic heterocycles. The smallest absolute Gasteiger partial charge is 0.307 e. The van der Waals surface area contributed by atoms with Crippen molar-refractivity contribution in [2.24, 2.45) is 16.9 Å². The maximum Gasteiger partial charge on any atom is 0.339 e. The molecule has 25 heavy (non-hydrogen) atoms. The number of halogens is 1. The number of urea groups is 1. The van der Waals surface area contributed by atoms with Crippen LogP contribution in [-0.2, 0) is 0 Å². The van der Waals surface area contributed by atoms with Crippen molar-refractivity contribution < 1.29 is 4.79 Å². The van der Waals surface area contributed by atoms with E-state index in [4.69, 9.17) is 0 Å². The number of nitrogens with one attached hydrogen (secondary N) is 2. The van der Waals surface area contributed by atoms with E-state index in [1.807, 2.05) is 24.3 Å². The number of carbonyl (C=O) groups is 1. The maximum absolute atomic E-state index is 12.2. The number of hydrazone groups is 1. The summed E-state index contributed by atoms with van der Waals surface area (Å²) in [5.74, 6) is 1.12. The van der Waals surface area contributed by atoms with Crippen LogP contribution in [-0.4, -0.2) is 11.7 Å². The van der Waals surface area contributed by atoms with Crippen molar-refractivity contribution in [3.05, 3.63) is 28.7 Å². The summed E-state index contributed by atoms with van der Waals surface area (Å²) in [6, 6.07) is 7.31. The van der Waals surface area contributed by atoms with Crippen molar-refractivity contribution in [3.63, 3.8) is 0 Å². The Morgan fingerprint density at radius 1 is 0.880 bits per heavy atom. The van der Waals surface area contributed by atoms with Crippen LogP contribution in [0.4, 0.5) is 10.5 Å². The molecule has 2 saturated carbocycles. The molecule has 2 aliphatic carbocycles. The van der Waals surface area contributed by atoms with Gasteiger partial charge in [-0.25, -0.2) is 10.2 Å². The zero-order valence-corrected chi connectivity index (χ0v) is 16.4. The minimum atomic E-state index is -0.258. The van der Waals surface area contributed by atoms with Gasteiger partial charge >= 0.3 is 6.03 Å². The summed E-state index contributed by atoms with van der Waals surface area (Å²) >= 11 is 3.40. The molecule has 2 N–H and O–H groups in total. The SMILES string of the molecule is O=C(NN=C(C1CCCCC1)C1CCCCC1)Nc1ccc(Br)cc1. The molecular formula is C20H28BrN3O. The molecule has 2 aliphatic rings. The number of anilines is 1. The molecule has 1 aromatic carbocycles. The van der Waals surface area contributed by atoms with Gasteiger partial charge in [0.15, 0.2) is 0 Å². The highest BCUT2D eigenvalue weighted by Crippen LogP contribution is 2.33. The van der Waals surface area contributed by atoms with Crippen LogP contribution >= 0.6 is 15.9 Å². The van der Waals surface area contributed by atoms with Crippen molar-refractivity contribution in [1.82, 2.24) is 5.43 Å². The predicted molar refractivity (Wildman–Crippen MR) is 107 cm³/mol. The van der Waals surface area contributed by atoms with E-state index in [-0.39, 0.29) is 6.03 Å². The Labute approximate surface area is 159 Å². The van der Waals surface area contributed by atoms with Gasteiger partial charge in [0.05, 0.1) is 0 Å². The van der Waals surface area contributed by atoms with Gasteiger partial charge < -0.3 is 5.32 Å². The Bertz CT molecular complexity index is 567. The lowest BCUT2D eigenvalue weighted by atomic mass is 9.76. The molecule has 5 heteroatoms. The van der Waals surface area contributed by atoms with Crippen LogP contribution in [0.2, 0.25) is 0 Å². The standard InChI is InChI=1S/C20H28BrN3O/c21-17-11-13-18(14-12-17)22-20(25)24-23-19(15-7-3-1-4-8-15)16-9-5-2-6-10-16/h11-16H,1-10H2,(H2,22,24,25). The molecule has 4 nitrogen and oxygen atoms in total. The van der Waals surface area contributed by atoms with Crippen LogP contribution in [0.5, 0.6) is 0 Å². The number of hydrogen-bond acceptors (Lipinski definition) is 2. The number of nitrogens with zero attached hydrogens (tertiary/aromatic N) is 1. The fraction of sp³-hybridized carbons (Fsp3) is 0.600. The second-order valence-electron chi connectivity index (χ2n) is 7.28. The Morgan fingerprint density at radius 2 is 1.40 bits per heavy atom. The lowest BCUT2D eigenvalue weighted by Crippen LogP contribution is -2.32. The third-order valence-corrected chi connectivity index (χ3v) is 5.96. The first kappa shape index (κ1) is 18.4. The average molecular weight is 406 g/mol. The van der Waals surface area contributed by atoms with Crippen molar-refractivity contribution >= 4 is 33.4 Å². The van der Waals surface area contributed by atoms with Crippen molar-refractivity contribution in [1.29, 1.82) is 0 Å². The van der Waals surface area contributed by atoms with Crippen LogP contribution in [0.25, 0.3) is 0 Å². The Kier molecular flexibility index (Phi) is 6.91. The molecule has 2 amide bonds. The number of rotatable bonds is 4. The van der Waals surface area contributed by atoms with Gasteiger partial charge in [0.25, 0.3) is 0 Å². The third kappa shape index (κ3) is 5.56. The number of carbonyl (C=O) groups excluding carboxylic acids is 1. The highest BCUT2D eigenvalue weighted by atomic mass is 79.9. The summed E-state index contributed by atoms with van der Waals surface area (Å²) in [4.78, 5) is 12.2. The minimum absolute atomic E-state index is 0.258. The third-order valence-electron chi connectivity index (χ3n) is 5.44. The maximum atomic E-state index is 12.2. The first-order valence-electron chi connectivity index (χ1n) is 9.62. The molecule has 2 fully saturated rings. The molecular weight excluding hydrogens is 378 g/mol. The lowest BCUT2D eigenvalue weighted by molar-refractivity contribution is 0.252. The van der Waals surface area contributed by atoms with Gasteiger partial charge in [-0.05, 0) is 61.8 Å². The van der Waals surface area contributed by atoms with E-state index in [9.17, 15) is 4.79 Å². The monoisotopic (exact) mass is 405 g/mol. The lowest BCUT2D eigenvalue weighted by Gasteiger charge is -2.30. The fourth-order valence-corrected chi connectivity index (χ4v) is 4.38. The Balaban J connectivity index is 1.64. The summed E-state index contributed by atoms with van der Waals surface area (Å²) in [6.45, 7) is 0. The minimum Gasteiger partial charge on any atom is -0.307 e. The normalized spacial score (nSPS) is 19.2. The molecule has 0 aliphatic heterocycles. The van der Waals surface area contributed by atoms with E-state index < -0.39 is 0 Å². The van der Waals surface area contributed by atoms with Gasteiger partial charge in [-0.15, -0.1) is 0 Å². The van der Waals surface area contributed by atoms with Gasteiger partial charge in [0.1, 0.15) is 0 Å². The Hall–Kier alpha value is -1.36. The molecule has 0 spiro atoms. The number of benzene rings is 1. The molecule has 3 rings (SSSR count). The van der Waals surface area contributed by atoms with Gasteiger partial charge in [-0.1, -0.05) is 54.5 Å². The summed E-state index contributed by atoms with van der Waals surface area (Å²) in [5, 5.41) is 7.48. The van der Waals surface area contributed by atoms with E-state index in [2.05, 4.69) is 31.8 Å². The van der Waals surface area contributed by atoms with Crippen molar-refractivity contribution in [3.8, 4) is 0 Å². The van der Waals surface area contributed by atoms with Crippen LogP contribution in [0.1, 0.15) is 64.2 Å². The fourth-order valence-electron chi connectivity index (χ4n) is 4.12. The zero-order valence-electron chi connectivity index (χ0n) is 14.8. The van der Waals surface area contributed by atoms with E-state index in [1.54, 1.807) is 0 Å². The largest absolute Gasteiger partial charge is 0.339 e. The molecule has 0 atom stereocenters. The molecule has 0 bridgehead atoms. The second-order valence-corrected chi connectivity index (χ2v) is 8.20. The summed E-state index contributed by atoms with van der Waals surface area (Å²) in [7, 11) is 0. The number of amides is 2. The van der Waals surface area contributed by atoms with E-state index >= 15 is 0 Å². The highest BCUT2D eigenvalue weighted by molar-refractivity contribution is 9.10. The van der Waals surface area contributed by atoms with Crippen LogP contribution in [0.3, 0.4) is 0 Å². The van der Waals surface area contributed by atoms with Gasteiger partial charge in [0.2, 0.25) is 0 Å². The van der Waals surface area contributed by atoms with Crippen LogP contribution < -0.4 is 10.7 Å². The molecule has 0 radical (unpaired) electrons. The van der Waals surface area contributed by atoms with Crippen LogP contribution in [0.15, 0.2) is 33.8 Å². The molecule has 136 valence electrons. The summed E-state index contributed by atoms with van der Waals surface area (Å²) in [5.41, 5.74) is 4.79. The molecule has 0 saturated heterocycles. The number of hydrogen-bond donors (Lipinski definition) is 2. The van der Waals surface area contributed by atoms with E-state index in [0.29, 0.717) is 11.8 Å². The van der Waals surface area contributed by atoms with E-state index in [0.717, 1.165) is 10.2 Å². The zero-order chi connectivity index (χ0) is 17.5. The first-order valence-corrected chi connectivity index (χ1v) is 10.4. The summed E-state index contributed by atoms with van der Waals surface area (Å²) < 4.78 is 0.994. The summed E-state index contributed by atoms with van der Waals surface area (Å²) in [6.07, 6.45) is 12.8. The Morgan fingerprint density at radius 3 is 1.92 bits per heavy atom. The van der Waals surface area contributed by atoms with Gasteiger partial charge in [-0.3, -0.25) is 0 Å². The highest BCUT2D eigenvalue weighted by Gasteiger charge is 2.27.